The van der Waals surface area contributed by atoms with Gasteiger partial charge in [-0.05, 0) is 123 Å². The van der Waals surface area contributed by atoms with Crippen molar-refractivity contribution in [1.29, 1.82) is 0 Å². The summed E-state index contributed by atoms with van der Waals surface area (Å²) in [5, 5.41) is 0. The fraction of sp³-hybridized carbons (Fsp3) is 0.143. The minimum Gasteiger partial charge on any atom is -0.310 e. The molecule has 0 N–H and O–H groups in total. The molecule has 7 aromatic rings. The zero-order valence-electron chi connectivity index (χ0n) is 28.9. The van der Waals surface area contributed by atoms with E-state index >= 15 is 0 Å². The molecule has 0 aromatic heterocycles. The Hall–Kier alpha value is -5.66. The number of para-hydroxylation sites is 1. The predicted octanol–water partition coefficient (Wildman–Crippen LogP) is 13.3. The SMILES string of the molecule is CC1(C)c2ccccc2-c2cc(-c3ccc4c(c3)CCCC4)c(N(c3ccccc3)c3ccc(-c4ccccc4-c4ccccc4)cc3)cc21. The summed E-state index contributed by atoms with van der Waals surface area (Å²) in [6.45, 7) is 4.76. The average Bonchev–Trinajstić information content (AvgIpc) is 3.40. The van der Waals surface area contributed by atoms with Gasteiger partial charge >= 0.3 is 0 Å². The van der Waals surface area contributed by atoms with Crippen LogP contribution in [-0.2, 0) is 18.3 Å². The third-order valence-electron chi connectivity index (χ3n) is 11.1. The normalized spacial score (nSPS) is 14.0. The first-order valence-corrected chi connectivity index (χ1v) is 18.1. The summed E-state index contributed by atoms with van der Waals surface area (Å²) in [5.41, 5.74) is 19.4. The highest BCUT2D eigenvalue weighted by Crippen LogP contribution is 2.53. The van der Waals surface area contributed by atoms with Crippen LogP contribution in [0.4, 0.5) is 17.1 Å². The van der Waals surface area contributed by atoms with Crippen molar-refractivity contribution in [2.24, 2.45) is 0 Å². The van der Waals surface area contributed by atoms with Gasteiger partial charge in [0, 0.05) is 22.4 Å². The van der Waals surface area contributed by atoms with Gasteiger partial charge in [0.05, 0.1) is 5.69 Å². The summed E-state index contributed by atoms with van der Waals surface area (Å²) in [6, 6.07) is 60.7. The van der Waals surface area contributed by atoms with Crippen LogP contribution in [0, 0.1) is 0 Å². The van der Waals surface area contributed by atoms with Crippen molar-refractivity contribution in [1.82, 2.24) is 0 Å². The minimum absolute atomic E-state index is 0.109. The van der Waals surface area contributed by atoms with Gasteiger partial charge in [0.15, 0.2) is 0 Å². The van der Waals surface area contributed by atoms with Crippen LogP contribution in [0.5, 0.6) is 0 Å². The van der Waals surface area contributed by atoms with Gasteiger partial charge in [-0.2, -0.15) is 0 Å². The summed E-state index contributed by atoms with van der Waals surface area (Å²) in [4.78, 5) is 2.47. The zero-order valence-corrected chi connectivity index (χ0v) is 28.9. The number of aryl methyl sites for hydroxylation is 2. The summed E-state index contributed by atoms with van der Waals surface area (Å²) in [5.74, 6) is 0. The lowest BCUT2D eigenvalue weighted by Crippen LogP contribution is -2.17. The molecule has 0 unspecified atom stereocenters. The molecule has 0 fully saturated rings. The van der Waals surface area contributed by atoms with Gasteiger partial charge in [-0.3, -0.25) is 0 Å². The lowest BCUT2D eigenvalue weighted by molar-refractivity contribution is 0.660. The average molecular weight is 644 g/mol. The molecule has 50 heavy (non-hydrogen) atoms. The van der Waals surface area contributed by atoms with E-state index < -0.39 is 0 Å². The molecule has 0 bridgehead atoms. The second-order valence-electron chi connectivity index (χ2n) is 14.4. The van der Waals surface area contributed by atoms with Crippen LogP contribution in [-0.4, -0.2) is 0 Å². The zero-order chi connectivity index (χ0) is 33.7. The number of hydrogen-bond acceptors (Lipinski definition) is 1. The van der Waals surface area contributed by atoms with Gasteiger partial charge in [-0.1, -0.05) is 141 Å². The van der Waals surface area contributed by atoms with E-state index in [2.05, 4.69) is 183 Å². The molecule has 7 aromatic carbocycles. The predicted molar refractivity (Wildman–Crippen MR) is 212 cm³/mol. The van der Waals surface area contributed by atoms with E-state index in [1.807, 2.05) is 0 Å². The highest BCUT2D eigenvalue weighted by molar-refractivity contribution is 5.95. The van der Waals surface area contributed by atoms with Crippen molar-refractivity contribution in [3.8, 4) is 44.5 Å². The topological polar surface area (TPSA) is 3.24 Å². The van der Waals surface area contributed by atoms with Crippen molar-refractivity contribution >= 4 is 17.1 Å². The van der Waals surface area contributed by atoms with Crippen LogP contribution < -0.4 is 4.90 Å². The van der Waals surface area contributed by atoms with E-state index in [0.717, 1.165) is 17.8 Å². The van der Waals surface area contributed by atoms with Crippen molar-refractivity contribution in [3.05, 3.63) is 186 Å². The Kier molecular flexibility index (Phi) is 7.50. The molecule has 0 saturated carbocycles. The molecule has 1 nitrogen and oxygen atoms in total. The van der Waals surface area contributed by atoms with Crippen molar-refractivity contribution in [2.75, 3.05) is 4.90 Å². The Balaban J connectivity index is 1.24. The maximum absolute atomic E-state index is 2.50. The Bertz CT molecular complexity index is 2330. The number of hydrogen-bond donors (Lipinski definition) is 0. The van der Waals surface area contributed by atoms with Crippen molar-refractivity contribution in [3.63, 3.8) is 0 Å². The van der Waals surface area contributed by atoms with E-state index in [9.17, 15) is 0 Å². The molecule has 0 radical (unpaired) electrons. The molecule has 0 atom stereocenters. The number of nitrogens with zero attached hydrogens (tertiary/aromatic N) is 1. The molecule has 0 aliphatic heterocycles. The fourth-order valence-corrected chi connectivity index (χ4v) is 8.45. The number of rotatable bonds is 6. The maximum Gasteiger partial charge on any atom is 0.0543 e. The van der Waals surface area contributed by atoms with Gasteiger partial charge in [0.2, 0.25) is 0 Å². The van der Waals surface area contributed by atoms with E-state index in [4.69, 9.17) is 0 Å². The van der Waals surface area contributed by atoms with E-state index in [0.29, 0.717) is 0 Å². The van der Waals surface area contributed by atoms with Crippen LogP contribution in [0.3, 0.4) is 0 Å². The van der Waals surface area contributed by atoms with Gasteiger partial charge in [0.1, 0.15) is 0 Å². The van der Waals surface area contributed by atoms with Crippen LogP contribution in [0.2, 0.25) is 0 Å². The molecule has 0 saturated heterocycles. The molecule has 2 aliphatic carbocycles. The van der Waals surface area contributed by atoms with E-state index in [1.54, 1.807) is 0 Å². The first-order valence-electron chi connectivity index (χ1n) is 18.1. The Morgan fingerprint density at radius 3 is 1.68 bits per heavy atom. The third-order valence-corrected chi connectivity index (χ3v) is 11.1. The summed E-state index contributed by atoms with van der Waals surface area (Å²) >= 11 is 0. The van der Waals surface area contributed by atoms with E-state index in [1.165, 1.54) is 91.7 Å². The first-order chi connectivity index (χ1) is 24.6. The second-order valence-corrected chi connectivity index (χ2v) is 14.4. The maximum atomic E-state index is 2.50. The molecule has 9 rings (SSSR count). The van der Waals surface area contributed by atoms with Gasteiger partial charge in [0.25, 0.3) is 0 Å². The Labute approximate surface area is 296 Å². The van der Waals surface area contributed by atoms with E-state index in [-0.39, 0.29) is 5.41 Å². The number of fused-ring (bicyclic) bond motifs is 4. The molecule has 0 amide bonds. The summed E-state index contributed by atoms with van der Waals surface area (Å²) < 4.78 is 0. The lowest BCUT2D eigenvalue weighted by Gasteiger charge is -2.31. The molecule has 242 valence electrons. The van der Waals surface area contributed by atoms with Crippen LogP contribution >= 0.6 is 0 Å². The molecular weight excluding hydrogens is 603 g/mol. The Morgan fingerprint density at radius 1 is 0.400 bits per heavy atom. The Morgan fingerprint density at radius 2 is 0.960 bits per heavy atom. The first kappa shape index (κ1) is 30.4. The molecule has 2 aliphatic rings. The van der Waals surface area contributed by atoms with Gasteiger partial charge in [-0.25, -0.2) is 0 Å². The van der Waals surface area contributed by atoms with Crippen LogP contribution in [0.25, 0.3) is 44.5 Å². The quantitative estimate of drug-likeness (QED) is 0.174. The molecule has 0 heterocycles. The minimum atomic E-state index is -0.109. The third kappa shape index (κ3) is 5.17. The summed E-state index contributed by atoms with van der Waals surface area (Å²) in [6.07, 6.45) is 4.90. The monoisotopic (exact) mass is 643 g/mol. The molecule has 1 heteroatoms. The second kappa shape index (κ2) is 12.3. The number of benzene rings is 7. The summed E-state index contributed by atoms with van der Waals surface area (Å²) in [7, 11) is 0. The van der Waals surface area contributed by atoms with Crippen LogP contribution in [0.15, 0.2) is 164 Å². The van der Waals surface area contributed by atoms with Gasteiger partial charge < -0.3 is 4.90 Å². The largest absolute Gasteiger partial charge is 0.310 e. The number of anilines is 3. The highest BCUT2D eigenvalue weighted by atomic mass is 15.1. The standard InChI is InChI=1S/C49H41N/c1-49(2)46-24-14-13-23-43(46)45-32-44(38-26-25-34-15-9-10-18-37(34)31-38)48(33-47(45)49)50(39-19-7-4-8-20-39)40-29-27-36(28-30-40)42-22-12-11-21-41(42)35-16-5-3-6-17-35/h3-8,11-14,16-17,19-33H,9-10,15,18H2,1-2H3. The van der Waals surface area contributed by atoms with Crippen molar-refractivity contribution < 1.29 is 0 Å². The molecule has 0 spiro atoms. The van der Waals surface area contributed by atoms with Gasteiger partial charge in [-0.15, -0.1) is 0 Å². The lowest BCUT2D eigenvalue weighted by atomic mass is 9.81. The highest BCUT2D eigenvalue weighted by Gasteiger charge is 2.37. The van der Waals surface area contributed by atoms with Crippen LogP contribution in [0.1, 0.15) is 48.9 Å². The fourth-order valence-electron chi connectivity index (χ4n) is 8.45. The molecular formula is C49H41N. The van der Waals surface area contributed by atoms with Crippen molar-refractivity contribution in [2.45, 2.75) is 44.9 Å². The smallest absolute Gasteiger partial charge is 0.0543 e.